The fourth-order valence-corrected chi connectivity index (χ4v) is 4.52. The third-order valence-electron chi connectivity index (χ3n) is 6.17. The van der Waals surface area contributed by atoms with Crippen LogP contribution in [0.2, 0.25) is 0 Å². The smallest absolute Gasteiger partial charge is 0.217 e. The van der Waals surface area contributed by atoms with Crippen molar-refractivity contribution in [3.05, 3.63) is 60.3 Å². The van der Waals surface area contributed by atoms with Crippen molar-refractivity contribution in [3.8, 4) is 5.88 Å². The van der Waals surface area contributed by atoms with Gasteiger partial charge in [0.2, 0.25) is 5.88 Å². The molecule has 0 aliphatic heterocycles. The second-order valence-electron chi connectivity index (χ2n) is 8.17. The van der Waals surface area contributed by atoms with Crippen LogP contribution in [0.3, 0.4) is 0 Å². The number of anilines is 1. The van der Waals surface area contributed by atoms with Gasteiger partial charge in [-0.1, -0.05) is 43.5 Å². The summed E-state index contributed by atoms with van der Waals surface area (Å²) in [5.74, 6) is 2.43. The Morgan fingerprint density at radius 2 is 1.75 bits per heavy atom. The number of benzene rings is 1. The number of fused-ring (bicyclic) bond motifs is 1. The number of ether oxygens (including phenoxy) is 1. The van der Waals surface area contributed by atoms with Gasteiger partial charge in [0.15, 0.2) is 0 Å². The number of hydrogen-bond donors (Lipinski definition) is 1. The fraction of sp³-hybridized carbons (Fsp3) is 0.417. The molecule has 0 atom stereocenters. The maximum Gasteiger partial charge on any atom is 0.217 e. The predicted molar refractivity (Wildman–Crippen MR) is 113 cm³/mol. The zero-order chi connectivity index (χ0) is 18.8. The molecule has 4 heteroatoms. The average molecular weight is 374 g/mol. The number of pyridine rings is 2. The third-order valence-corrected chi connectivity index (χ3v) is 6.17. The molecule has 0 saturated heterocycles. The van der Waals surface area contributed by atoms with Crippen molar-refractivity contribution in [3.63, 3.8) is 0 Å². The summed E-state index contributed by atoms with van der Waals surface area (Å²) in [6, 6.07) is 17.1. The standard InChI is InChI=1S/C24H27N3O/c1-2-7-17(8-3-1)21-10-6-14-25-24(21)28-20-15-19(16-20)26-23-13-12-18-9-4-5-11-22(18)27-23/h4-6,9-14,17,19-20H,1-3,7-8,15-16H2,(H,26,27). The molecule has 28 heavy (non-hydrogen) atoms. The molecule has 0 radical (unpaired) electrons. The summed E-state index contributed by atoms with van der Waals surface area (Å²) in [5, 5.41) is 4.73. The van der Waals surface area contributed by atoms with E-state index in [2.05, 4.69) is 40.6 Å². The van der Waals surface area contributed by atoms with Crippen LogP contribution >= 0.6 is 0 Å². The van der Waals surface area contributed by atoms with Gasteiger partial charge in [-0.3, -0.25) is 0 Å². The summed E-state index contributed by atoms with van der Waals surface area (Å²) < 4.78 is 6.30. The summed E-state index contributed by atoms with van der Waals surface area (Å²) in [7, 11) is 0. The molecule has 0 unspecified atom stereocenters. The summed E-state index contributed by atoms with van der Waals surface area (Å²) in [6.07, 6.45) is 10.6. The van der Waals surface area contributed by atoms with E-state index in [1.54, 1.807) is 0 Å². The first-order valence-corrected chi connectivity index (χ1v) is 10.6. The number of nitrogens with one attached hydrogen (secondary N) is 1. The largest absolute Gasteiger partial charge is 0.474 e. The minimum absolute atomic E-state index is 0.246. The number of rotatable bonds is 5. The zero-order valence-corrected chi connectivity index (χ0v) is 16.2. The van der Waals surface area contributed by atoms with Gasteiger partial charge in [-0.15, -0.1) is 0 Å². The normalized spacial score (nSPS) is 22.6. The first-order valence-electron chi connectivity index (χ1n) is 10.6. The van der Waals surface area contributed by atoms with Gasteiger partial charge in [0, 0.05) is 36.0 Å². The van der Waals surface area contributed by atoms with E-state index in [0.717, 1.165) is 30.1 Å². The van der Waals surface area contributed by atoms with Crippen molar-refractivity contribution in [2.24, 2.45) is 0 Å². The highest BCUT2D eigenvalue weighted by Gasteiger charge is 2.32. The van der Waals surface area contributed by atoms with E-state index >= 15 is 0 Å². The van der Waals surface area contributed by atoms with Crippen LogP contribution in [0, 0.1) is 0 Å². The van der Waals surface area contributed by atoms with Crippen molar-refractivity contribution >= 4 is 16.7 Å². The van der Waals surface area contributed by atoms with Gasteiger partial charge in [-0.25, -0.2) is 9.97 Å². The molecule has 1 N–H and O–H groups in total. The van der Waals surface area contributed by atoms with Gasteiger partial charge >= 0.3 is 0 Å². The highest BCUT2D eigenvalue weighted by molar-refractivity contribution is 5.80. The second-order valence-corrected chi connectivity index (χ2v) is 8.17. The Morgan fingerprint density at radius 1 is 0.893 bits per heavy atom. The number of nitrogens with zero attached hydrogens (tertiary/aromatic N) is 2. The first-order chi connectivity index (χ1) is 13.8. The second kappa shape index (κ2) is 7.78. The van der Waals surface area contributed by atoms with Crippen LogP contribution < -0.4 is 10.1 Å². The molecule has 0 bridgehead atoms. The molecule has 2 heterocycles. The third kappa shape index (κ3) is 3.68. The lowest BCUT2D eigenvalue weighted by atomic mass is 9.84. The molecule has 0 spiro atoms. The average Bonchev–Trinajstić information content (AvgIpc) is 2.73. The van der Waals surface area contributed by atoms with Gasteiger partial charge in [-0.05, 0) is 43.0 Å². The van der Waals surface area contributed by atoms with Crippen LogP contribution in [0.15, 0.2) is 54.7 Å². The summed E-state index contributed by atoms with van der Waals surface area (Å²) in [5.41, 5.74) is 2.35. The van der Waals surface area contributed by atoms with Gasteiger partial charge in [0.1, 0.15) is 11.9 Å². The van der Waals surface area contributed by atoms with Crippen molar-refractivity contribution < 1.29 is 4.74 Å². The van der Waals surface area contributed by atoms with E-state index in [9.17, 15) is 0 Å². The van der Waals surface area contributed by atoms with Crippen LogP contribution in [0.4, 0.5) is 5.82 Å². The SMILES string of the molecule is c1cnc(OC2CC(Nc3ccc4ccccc4n3)C2)c(C2CCCCC2)c1. The molecule has 2 aliphatic rings. The van der Waals surface area contributed by atoms with Crippen molar-refractivity contribution in [1.82, 2.24) is 9.97 Å². The van der Waals surface area contributed by atoms with E-state index in [4.69, 9.17) is 9.72 Å². The number of hydrogen-bond acceptors (Lipinski definition) is 4. The Hall–Kier alpha value is -2.62. The molecular weight excluding hydrogens is 346 g/mol. The van der Waals surface area contributed by atoms with Crippen molar-refractivity contribution in [2.75, 3.05) is 5.32 Å². The van der Waals surface area contributed by atoms with Gasteiger partial charge in [-0.2, -0.15) is 0 Å². The van der Waals surface area contributed by atoms with Crippen LogP contribution in [0.5, 0.6) is 5.88 Å². The summed E-state index contributed by atoms with van der Waals surface area (Å²) in [4.78, 5) is 9.28. The molecule has 2 saturated carbocycles. The topological polar surface area (TPSA) is 47.0 Å². The van der Waals surface area contributed by atoms with Crippen LogP contribution in [-0.2, 0) is 0 Å². The molecule has 4 nitrogen and oxygen atoms in total. The van der Waals surface area contributed by atoms with E-state index < -0.39 is 0 Å². The van der Waals surface area contributed by atoms with Crippen LogP contribution in [0.25, 0.3) is 10.9 Å². The van der Waals surface area contributed by atoms with Gasteiger partial charge in [0.05, 0.1) is 5.52 Å². The predicted octanol–water partition coefficient (Wildman–Crippen LogP) is 5.70. The molecule has 1 aromatic carbocycles. The molecule has 144 valence electrons. The van der Waals surface area contributed by atoms with Gasteiger partial charge < -0.3 is 10.1 Å². The van der Waals surface area contributed by atoms with E-state index in [-0.39, 0.29) is 6.10 Å². The summed E-state index contributed by atoms with van der Waals surface area (Å²) in [6.45, 7) is 0. The van der Waals surface area contributed by atoms with Crippen molar-refractivity contribution in [2.45, 2.75) is 63.0 Å². The maximum atomic E-state index is 6.30. The van der Waals surface area contributed by atoms with Crippen molar-refractivity contribution in [1.29, 1.82) is 0 Å². The number of para-hydroxylation sites is 1. The van der Waals surface area contributed by atoms with E-state index in [1.807, 2.05) is 24.4 Å². The quantitative estimate of drug-likeness (QED) is 0.623. The Balaban J connectivity index is 1.19. The van der Waals surface area contributed by atoms with Crippen LogP contribution in [0.1, 0.15) is 56.4 Å². The maximum absolute atomic E-state index is 6.30. The first kappa shape index (κ1) is 17.5. The lowest BCUT2D eigenvalue weighted by Gasteiger charge is -2.36. The van der Waals surface area contributed by atoms with Gasteiger partial charge in [0.25, 0.3) is 0 Å². The summed E-state index contributed by atoms with van der Waals surface area (Å²) >= 11 is 0. The monoisotopic (exact) mass is 373 g/mol. The van der Waals surface area contributed by atoms with E-state index in [1.165, 1.54) is 43.1 Å². The molecule has 0 amide bonds. The molecule has 2 fully saturated rings. The molecule has 2 aliphatic carbocycles. The Labute approximate surface area is 166 Å². The van der Waals surface area contributed by atoms with Crippen LogP contribution in [-0.4, -0.2) is 22.1 Å². The molecule has 3 aromatic rings. The Bertz CT molecular complexity index is 945. The minimum Gasteiger partial charge on any atom is -0.474 e. The zero-order valence-electron chi connectivity index (χ0n) is 16.2. The highest BCUT2D eigenvalue weighted by Crippen LogP contribution is 2.38. The van der Waals surface area contributed by atoms with E-state index in [0.29, 0.717) is 12.0 Å². The lowest BCUT2D eigenvalue weighted by Crippen LogP contribution is -2.43. The fourth-order valence-electron chi connectivity index (χ4n) is 4.52. The molecule has 2 aromatic heterocycles. The minimum atomic E-state index is 0.246. The molecular formula is C24H27N3O. The lowest BCUT2D eigenvalue weighted by molar-refractivity contribution is 0.100. The number of aromatic nitrogens is 2. The Kier molecular flexibility index (Phi) is 4.86. The molecule has 5 rings (SSSR count). The highest BCUT2D eigenvalue weighted by atomic mass is 16.5. The Morgan fingerprint density at radius 3 is 2.64 bits per heavy atom.